The highest BCUT2D eigenvalue weighted by atomic mass is 16.7. The van der Waals surface area contributed by atoms with Crippen molar-refractivity contribution in [2.24, 2.45) is 11.7 Å². The van der Waals surface area contributed by atoms with Gasteiger partial charge >= 0.3 is 0 Å². The smallest absolute Gasteiger partial charge is 0.220 e. The maximum absolute atomic E-state index is 11.1. The summed E-state index contributed by atoms with van der Waals surface area (Å²) in [6.45, 7) is 3.41. The van der Waals surface area contributed by atoms with E-state index in [1.807, 2.05) is 0 Å². The van der Waals surface area contributed by atoms with E-state index in [1.165, 1.54) is 6.42 Å². The molecule has 0 aliphatic carbocycles. The summed E-state index contributed by atoms with van der Waals surface area (Å²) in [5.41, 5.74) is 5.32. The summed E-state index contributed by atoms with van der Waals surface area (Å²) in [6, 6.07) is 0. The second kappa shape index (κ2) is 7.63. The van der Waals surface area contributed by atoms with Gasteiger partial charge in [-0.15, -0.1) is 0 Å². The van der Waals surface area contributed by atoms with Crippen molar-refractivity contribution in [3.8, 4) is 0 Å². The first kappa shape index (κ1) is 13.5. The third-order valence-electron chi connectivity index (χ3n) is 2.95. The van der Waals surface area contributed by atoms with Gasteiger partial charge in [0.15, 0.2) is 6.29 Å². The maximum Gasteiger partial charge on any atom is 0.220 e. The number of hydrogen-bond acceptors (Lipinski definition) is 3. The fourth-order valence-electron chi connectivity index (χ4n) is 1.96. The van der Waals surface area contributed by atoms with E-state index in [2.05, 4.69) is 6.92 Å². The van der Waals surface area contributed by atoms with E-state index in [0.29, 0.717) is 13.0 Å². The zero-order valence-corrected chi connectivity index (χ0v) is 10.1. The minimum absolute atomic E-state index is 0.0476. The third-order valence-corrected chi connectivity index (χ3v) is 2.95. The first-order valence-corrected chi connectivity index (χ1v) is 6.26. The van der Waals surface area contributed by atoms with Crippen LogP contribution in [0.15, 0.2) is 0 Å². The van der Waals surface area contributed by atoms with Crippen molar-refractivity contribution in [1.29, 1.82) is 0 Å². The molecule has 2 unspecified atom stereocenters. The number of nitrogens with two attached hydrogens (primary N) is 1. The highest BCUT2D eigenvalue weighted by molar-refractivity contribution is 5.76. The van der Waals surface area contributed by atoms with Crippen molar-refractivity contribution in [3.63, 3.8) is 0 Å². The number of carbonyl (C=O) groups excluding carboxylic acids is 1. The monoisotopic (exact) mass is 229 g/mol. The van der Waals surface area contributed by atoms with Crippen LogP contribution in [0.4, 0.5) is 0 Å². The molecule has 4 heteroatoms. The molecule has 2 N–H and O–H groups in total. The standard InChI is InChI=1S/C12H23NO3/c1-2-5-10(12(13)14)7-9-16-11-6-3-4-8-15-11/h10-11H,2-9H2,1H3,(H2,13,14). The number of ether oxygens (including phenoxy) is 2. The van der Waals surface area contributed by atoms with Crippen LogP contribution in [0.25, 0.3) is 0 Å². The van der Waals surface area contributed by atoms with Crippen LogP contribution in [0, 0.1) is 5.92 Å². The summed E-state index contributed by atoms with van der Waals surface area (Å²) in [5.74, 6) is -0.261. The summed E-state index contributed by atoms with van der Waals surface area (Å²) in [7, 11) is 0. The van der Waals surface area contributed by atoms with E-state index in [0.717, 1.165) is 32.3 Å². The predicted octanol–water partition coefficient (Wildman–Crippen LogP) is 1.82. The number of rotatable bonds is 7. The minimum Gasteiger partial charge on any atom is -0.369 e. The first-order chi connectivity index (χ1) is 7.74. The van der Waals surface area contributed by atoms with E-state index in [1.54, 1.807) is 0 Å². The summed E-state index contributed by atoms with van der Waals surface area (Å²) in [6.07, 6.45) is 5.73. The SMILES string of the molecule is CCCC(CCOC1CCCCO1)C(N)=O. The maximum atomic E-state index is 11.1. The molecule has 0 bridgehead atoms. The van der Waals surface area contributed by atoms with Crippen LogP contribution < -0.4 is 5.73 Å². The van der Waals surface area contributed by atoms with Gasteiger partial charge in [0, 0.05) is 12.5 Å². The Hall–Kier alpha value is -0.610. The molecular formula is C12H23NO3. The number of hydrogen-bond donors (Lipinski definition) is 1. The lowest BCUT2D eigenvalue weighted by Crippen LogP contribution is -2.27. The Bertz CT molecular complexity index is 202. The predicted molar refractivity (Wildman–Crippen MR) is 61.8 cm³/mol. The Morgan fingerprint density at radius 2 is 2.31 bits per heavy atom. The van der Waals surface area contributed by atoms with Crippen molar-refractivity contribution in [1.82, 2.24) is 0 Å². The van der Waals surface area contributed by atoms with E-state index in [4.69, 9.17) is 15.2 Å². The lowest BCUT2D eigenvalue weighted by molar-refractivity contribution is -0.164. The second-order valence-electron chi connectivity index (χ2n) is 4.34. The molecule has 1 saturated heterocycles. The molecular weight excluding hydrogens is 206 g/mol. The van der Waals surface area contributed by atoms with Crippen LogP contribution >= 0.6 is 0 Å². The van der Waals surface area contributed by atoms with Crippen LogP contribution in [0.5, 0.6) is 0 Å². The highest BCUT2D eigenvalue weighted by Crippen LogP contribution is 2.16. The normalized spacial score (nSPS) is 22.9. The number of primary amides is 1. The van der Waals surface area contributed by atoms with Gasteiger partial charge in [-0.2, -0.15) is 0 Å². The van der Waals surface area contributed by atoms with Gasteiger partial charge < -0.3 is 15.2 Å². The van der Waals surface area contributed by atoms with Gasteiger partial charge in [-0.05, 0) is 32.1 Å². The summed E-state index contributed by atoms with van der Waals surface area (Å²) < 4.78 is 11.0. The average Bonchev–Trinajstić information content (AvgIpc) is 2.29. The molecule has 1 heterocycles. The quantitative estimate of drug-likeness (QED) is 0.724. The molecule has 0 aromatic rings. The molecule has 0 aromatic heterocycles. The molecule has 1 amide bonds. The fourth-order valence-corrected chi connectivity index (χ4v) is 1.96. The van der Waals surface area contributed by atoms with Gasteiger partial charge in [-0.3, -0.25) is 4.79 Å². The Labute approximate surface area is 97.5 Å². The van der Waals surface area contributed by atoms with Crippen molar-refractivity contribution >= 4 is 5.91 Å². The van der Waals surface area contributed by atoms with Crippen LogP contribution in [-0.4, -0.2) is 25.4 Å². The zero-order valence-electron chi connectivity index (χ0n) is 10.1. The molecule has 4 nitrogen and oxygen atoms in total. The highest BCUT2D eigenvalue weighted by Gasteiger charge is 2.17. The Morgan fingerprint density at radius 1 is 1.50 bits per heavy atom. The largest absolute Gasteiger partial charge is 0.369 e. The summed E-state index contributed by atoms with van der Waals surface area (Å²) in [5, 5.41) is 0. The molecule has 1 aliphatic heterocycles. The number of amides is 1. The Balaban J connectivity index is 2.13. The van der Waals surface area contributed by atoms with E-state index >= 15 is 0 Å². The molecule has 1 rings (SSSR count). The third kappa shape index (κ3) is 4.94. The van der Waals surface area contributed by atoms with E-state index in [-0.39, 0.29) is 18.1 Å². The lowest BCUT2D eigenvalue weighted by atomic mass is 10.00. The Morgan fingerprint density at radius 3 is 2.88 bits per heavy atom. The topological polar surface area (TPSA) is 61.6 Å². The molecule has 0 spiro atoms. The molecule has 0 saturated carbocycles. The van der Waals surface area contributed by atoms with Crippen LogP contribution in [0.3, 0.4) is 0 Å². The zero-order chi connectivity index (χ0) is 11.8. The van der Waals surface area contributed by atoms with Gasteiger partial charge in [-0.25, -0.2) is 0 Å². The van der Waals surface area contributed by atoms with Crippen molar-refractivity contribution in [2.45, 2.75) is 51.7 Å². The lowest BCUT2D eigenvalue weighted by Gasteiger charge is -2.23. The molecule has 16 heavy (non-hydrogen) atoms. The first-order valence-electron chi connectivity index (χ1n) is 6.26. The van der Waals surface area contributed by atoms with E-state index < -0.39 is 0 Å². The van der Waals surface area contributed by atoms with Gasteiger partial charge in [0.05, 0.1) is 6.61 Å². The second-order valence-corrected chi connectivity index (χ2v) is 4.34. The molecule has 1 fully saturated rings. The summed E-state index contributed by atoms with van der Waals surface area (Å²) >= 11 is 0. The van der Waals surface area contributed by atoms with Crippen molar-refractivity contribution < 1.29 is 14.3 Å². The van der Waals surface area contributed by atoms with E-state index in [9.17, 15) is 4.79 Å². The average molecular weight is 229 g/mol. The van der Waals surface area contributed by atoms with Crippen molar-refractivity contribution in [3.05, 3.63) is 0 Å². The van der Waals surface area contributed by atoms with Crippen molar-refractivity contribution in [2.75, 3.05) is 13.2 Å². The van der Waals surface area contributed by atoms with Crippen LogP contribution in [0.2, 0.25) is 0 Å². The molecule has 2 atom stereocenters. The molecule has 1 aliphatic rings. The number of carbonyl (C=O) groups is 1. The Kier molecular flexibility index (Phi) is 6.42. The van der Waals surface area contributed by atoms with Gasteiger partial charge in [0.25, 0.3) is 0 Å². The van der Waals surface area contributed by atoms with Gasteiger partial charge in [0.1, 0.15) is 0 Å². The van der Waals surface area contributed by atoms with Crippen LogP contribution in [-0.2, 0) is 14.3 Å². The molecule has 0 aromatic carbocycles. The summed E-state index contributed by atoms with van der Waals surface area (Å²) in [4.78, 5) is 11.1. The van der Waals surface area contributed by atoms with Gasteiger partial charge in [-0.1, -0.05) is 13.3 Å². The molecule has 94 valence electrons. The molecule has 0 radical (unpaired) electrons. The minimum atomic E-state index is -0.213. The van der Waals surface area contributed by atoms with Crippen LogP contribution in [0.1, 0.15) is 45.4 Å². The van der Waals surface area contributed by atoms with Gasteiger partial charge in [0.2, 0.25) is 5.91 Å². The fraction of sp³-hybridized carbons (Fsp3) is 0.917.